The lowest BCUT2D eigenvalue weighted by atomic mass is 10.2. The molecule has 1 atom stereocenters. The molecule has 0 saturated carbocycles. The lowest BCUT2D eigenvalue weighted by molar-refractivity contribution is -0.141. The fraction of sp³-hybridized carbons (Fsp3) is 0.400. The number of rotatable bonds is 4. The van der Waals surface area contributed by atoms with E-state index >= 15 is 0 Å². The second-order valence-corrected chi connectivity index (χ2v) is 6.91. The standard InChI is InChI=1S/C20H23N5O3/c26-19(15-5-2-1-3-6-15)21-17-8-9-18(23-22-17)24-10-12-25(13-11-24)20(27)16-7-4-14-28-16/h1-3,5-6,8-9,16H,4,7,10-14H2,(H,21,22,26). The van der Waals surface area contributed by atoms with Gasteiger partial charge in [0.15, 0.2) is 11.6 Å². The molecular formula is C20H23N5O3. The van der Waals surface area contributed by atoms with E-state index in [1.807, 2.05) is 29.2 Å². The maximum Gasteiger partial charge on any atom is 0.256 e. The Balaban J connectivity index is 1.31. The molecule has 2 saturated heterocycles. The number of piperazine rings is 1. The first-order chi connectivity index (χ1) is 13.7. The molecule has 0 spiro atoms. The third-order valence-electron chi connectivity index (χ3n) is 5.05. The highest BCUT2D eigenvalue weighted by molar-refractivity contribution is 6.03. The largest absolute Gasteiger partial charge is 0.368 e. The summed E-state index contributed by atoms with van der Waals surface area (Å²) in [5.41, 5.74) is 0.570. The summed E-state index contributed by atoms with van der Waals surface area (Å²) in [5.74, 6) is 1.03. The van der Waals surface area contributed by atoms with Crippen molar-refractivity contribution in [2.24, 2.45) is 0 Å². The number of nitrogens with one attached hydrogen (secondary N) is 1. The molecule has 1 aromatic heterocycles. The van der Waals surface area contributed by atoms with Gasteiger partial charge in [0.05, 0.1) is 0 Å². The highest BCUT2D eigenvalue weighted by Crippen LogP contribution is 2.18. The number of carbonyl (C=O) groups excluding carboxylic acids is 2. The lowest BCUT2D eigenvalue weighted by Gasteiger charge is -2.36. The van der Waals surface area contributed by atoms with Crippen LogP contribution in [0.4, 0.5) is 11.6 Å². The van der Waals surface area contributed by atoms with Crippen molar-refractivity contribution in [1.82, 2.24) is 15.1 Å². The smallest absolute Gasteiger partial charge is 0.256 e. The minimum absolute atomic E-state index is 0.0993. The van der Waals surface area contributed by atoms with Gasteiger partial charge in [0, 0.05) is 38.3 Å². The van der Waals surface area contributed by atoms with Gasteiger partial charge in [-0.1, -0.05) is 18.2 Å². The number of ether oxygens (including phenoxy) is 1. The third kappa shape index (κ3) is 4.12. The zero-order valence-corrected chi connectivity index (χ0v) is 15.6. The highest BCUT2D eigenvalue weighted by atomic mass is 16.5. The Bertz CT molecular complexity index is 813. The number of carbonyl (C=O) groups is 2. The molecule has 0 aliphatic carbocycles. The van der Waals surface area contributed by atoms with Crippen LogP contribution in [0.1, 0.15) is 23.2 Å². The van der Waals surface area contributed by atoms with E-state index in [1.165, 1.54) is 0 Å². The van der Waals surface area contributed by atoms with Crippen molar-refractivity contribution in [2.75, 3.05) is 43.0 Å². The summed E-state index contributed by atoms with van der Waals surface area (Å²) >= 11 is 0. The van der Waals surface area contributed by atoms with Gasteiger partial charge in [0.25, 0.3) is 11.8 Å². The number of nitrogens with zero attached hydrogens (tertiary/aromatic N) is 4. The summed E-state index contributed by atoms with van der Waals surface area (Å²) in [7, 11) is 0. The van der Waals surface area contributed by atoms with Crippen molar-refractivity contribution < 1.29 is 14.3 Å². The molecule has 3 heterocycles. The average molecular weight is 381 g/mol. The first-order valence-corrected chi connectivity index (χ1v) is 9.56. The Kier molecular flexibility index (Phi) is 5.48. The summed E-state index contributed by atoms with van der Waals surface area (Å²) < 4.78 is 5.49. The first-order valence-electron chi connectivity index (χ1n) is 9.56. The highest BCUT2D eigenvalue weighted by Gasteiger charge is 2.30. The van der Waals surface area contributed by atoms with Gasteiger partial charge in [-0.05, 0) is 37.1 Å². The first kappa shape index (κ1) is 18.4. The van der Waals surface area contributed by atoms with Gasteiger partial charge in [0.1, 0.15) is 6.10 Å². The molecule has 1 unspecified atom stereocenters. The van der Waals surface area contributed by atoms with Gasteiger partial charge in [-0.2, -0.15) is 0 Å². The normalized spacial score (nSPS) is 19.5. The fourth-order valence-corrected chi connectivity index (χ4v) is 3.47. The van der Waals surface area contributed by atoms with Crippen LogP contribution < -0.4 is 10.2 Å². The second kappa shape index (κ2) is 8.35. The third-order valence-corrected chi connectivity index (χ3v) is 5.05. The van der Waals surface area contributed by atoms with Gasteiger partial charge in [-0.15, -0.1) is 10.2 Å². The predicted octanol–water partition coefficient (Wildman–Crippen LogP) is 1.56. The molecule has 146 valence electrons. The Hall–Kier alpha value is -3.00. The predicted molar refractivity (Wildman–Crippen MR) is 104 cm³/mol. The molecule has 2 aromatic rings. The Morgan fingerprint density at radius 2 is 1.79 bits per heavy atom. The van der Waals surface area contributed by atoms with Gasteiger partial charge in [-0.25, -0.2) is 0 Å². The molecule has 4 rings (SSSR count). The van der Waals surface area contributed by atoms with Crippen molar-refractivity contribution in [3.05, 3.63) is 48.0 Å². The van der Waals surface area contributed by atoms with Gasteiger partial charge < -0.3 is 19.9 Å². The van der Waals surface area contributed by atoms with E-state index in [4.69, 9.17) is 4.74 Å². The van der Waals surface area contributed by atoms with E-state index in [2.05, 4.69) is 20.4 Å². The van der Waals surface area contributed by atoms with E-state index in [0.29, 0.717) is 44.2 Å². The van der Waals surface area contributed by atoms with Crippen molar-refractivity contribution in [3.8, 4) is 0 Å². The minimum atomic E-state index is -0.265. The molecular weight excluding hydrogens is 358 g/mol. The molecule has 0 bridgehead atoms. The fourth-order valence-electron chi connectivity index (χ4n) is 3.47. The number of hydrogen-bond donors (Lipinski definition) is 1. The molecule has 2 amide bonds. The van der Waals surface area contributed by atoms with Gasteiger partial charge >= 0.3 is 0 Å². The maximum atomic E-state index is 12.4. The van der Waals surface area contributed by atoms with Crippen molar-refractivity contribution >= 4 is 23.5 Å². The van der Waals surface area contributed by atoms with Crippen molar-refractivity contribution in [1.29, 1.82) is 0 Å². The zero-order chi connectivity index (χ0) is 19.3. The Morgan fingerprint density at radius 1 is 1.00 bits per heavy atom. The van der Waals surface area contributed by atoms with Crippen LogP contribution in [-0.2, 0) is 9.53 Å². The number of benzene rings is 1. The SMILES string of the molecule is O=C(Nc1ccc(N2CCN(C(=O)C3CCCO3)CC2)nn1)c1ccccc1. The molecule has 1 aromatic carbocycles. The second-order valence-electron chi connectivity index (χ2n) is 6.91. The maximum absolute atomic E-state index is 12.4. The zero-order valence-electron chi connectivity index (χ0n) is 15.6. The number of hydrogen-bond acceptors (Lipinski definition) is 6. The molecule has 0 radical (unpaired) electrons. The lowest BCUT2D eigenvalue weighted by Crippen LogP contribution is -2.51. The number of amides is 2. The Labute approximate surface area is 163 Å². The van der Waals surface area contributed by atoms with E-state index in [1.54, 1.807) is 18.2 Å². The van der Waals surface area contributed by atoms with Crippen LogP contribution >= 0.6 is 0 Å². The monoisotopic (exact) mass is 381 g/mol. The topological polar surface area (TPSA) is 87.7 Å². The average Bonchev–Trinajstić information content (AvgIpc) is 3.29. The number of aromatic nitrogens is 2. The molecule has 2 aliphatic heterocycles. The molecule has 8 nitrogen and oxygen atoms in total. The number of anilines is 2. The van der Waals surface area contributed by atoms with E-state index in [-0.39, 0.29) is 17.9 Å². The van der Waals surface area contributed by atoms with Crippen LogP contribution in [0.5, 0.6) is 0 Å². The van der Waals surface area contributed by atoms with Crippen LogP contribution in [0.25, 0.3) is 0 Å². The summed E-state index contributed by atoms with van der Waals surface area (Å²) in [6, 6.07) is 12.6. The van der Waals surface area contributed by atoms with Crippen LogP contribution in [0.15, 0.2) is 42.5 Å². The Morgan fingerprint density at radius 3 is 2.43 bits per heavy atom. The van der Waals surface area contributed by atoms with Crippen LogP contribution in [-0.4, -0.2) is 65.8 Å². The van der Waals surface area contributed by atoms with Crippen LogP contribution in [0.3, 0.4) is 0 Å². The van der Waals surface area contributed by atoms with Gasteiger partial charge in [0.2, 0.25) is 0 Å². The van der Waals surface area contributed by atoms with E-state index < -0.39 is 0 Å². The van der Waals surface area contributed by atoms with Crippen LogP contribution in [0.2, 0.25) is 0 Å². The molecule has 28 heavy (non-hydrogen) atoms. The summed E-state index contributed by atoms with van der Waals surface area (Å²) in [5, 5.41) is 11.1. The van der Waals surface area contributed by atoms with Crippen molar-refractivity contribution in [3.63, 3.8) is 0 Å². The minimum Gasteiger partial charge on any atom is -0.368 e. The molecule has 8 heteroatoms. The van der Waals surface area contributed by atoms with Crippen molar-refractivity contribution in [2.45, 2.75) is 18.9 Å². The van der Waals surface area contributed by atoms with E-state index in [9.17, 15) is 9.59 Å². The van der Waals surface area contributed by atoms with E-state index in [0.717, 1.165) is 18.7 Å². The van der Waals surface area contributed by atoms with Crippen LogP contribution in [0, 0.1) is 0 Å². The quantitative estimate of drug-likeness (QED) is 0.865. The summed E-state index contributed by atoms with van der Waals surface area (Å²) in [6.45, 7) is 3.37. The molecule has 1 N–H and O–H groups in total. The van der Waals surface area contributed by atoms with Gasteiger partial charge in [-0.3, -0.25) is 9.59 Å². The summed E-state index contributed by atoms with van der Waals surface area (Å²) in [6.07, 6.45) is 1.51. The summed E-state index contributed by atoms with van der Waals surface area (Å²) in [4.78, 5) is 28.6. The molecule has 2 aliphatic rings. The molecule has 2 fully saturated rings.